The normalized spacial score (nSPS) is 16.7. The first kappa shape index (κ1) is 13.7. The van der Waals surface area contributed by atoms with Crippen molar-refractivity contribution in [1.82, 2.24) is 5.32 Å². The molecule has 1 aromatic carbocycles. The Bertz CT molecular complexity index is 407. The van der Waals surface area contributed by atoms with Crippen molar-refractivity contribution in [1.29, 1.82) is 0 Å². The van der Waals surface area contributed by atoms with Gasteiger partial charge < -0.3 is 15.3 Å². The standard InChI is InChI=1S/C14H21ClN2O/c1-10(9-18)17(2)13-6-3-11(14(15)7-13)8-16-12-4-5-12/h3,6-7,10,12,16,18H,4-5,8-9H2,1-2H3. The van der Waals surface area contributed by atoms with E-state index < -0.39 is 0 Å². The van der Waals surface area contributed by atoms with Gasteiger partial charge in [0.25, 0.3) is 0 Å². The van der Waals surface area contributed by atoms with Gasteiger partial charge in [0.15, 0.2) is 0 Å². The quantitative estimate of drug-likeness (QED) is 0.832. The molecule has 1 aromatic rings. The monoisotopic (exact) mass is 268 g/mol. The molecule has 1 atom stereocenters. The van der Waals surface area contributed by atoms with Crippen LogP contribution in [0.25, 0.3) is 0 Å². The molecule has 2 rings (SSSR count). The average Bonchev–Trinajstić information content (AvgIpc) is 3.19. The van der Waals surface area contributed by atoms with Gasteiger partial charge in [0, 0.05) is 36.4 Å². The number of hydrogen-bond donors (Lipinski definition) is 2. The summed E-state index contributed by atoms with van der Waals surface area (Å²) in [4.78, 5) is 2.03. The molecule has 3 nitrogen and oxygen atoms in total. The largest absolute Gasteiger partial charge is 0.394 e. The zero-order valence-corrected chi connectivity index (χ0v) is 11.7. The lowest BCUT2D eigenvalue weighted by Gasteiger charge is -2.26. The van der Waals surface area contributed by atoms with Crippen LogP contribution in [0.4, 0.5) is 5.69 Å². The maximum absolute atomic E-state index is 9.16. The summed E-state index contributed by atoms with van der Waals surface area (Å²) in [7, 11) is 1.97. The van der Waals surface area contributed by atoms with Gasteiger partial charge in [-0.05, 0) is 37.5 Å². The Hall–Kier alpha value is -0.770. The first-order valence-corrected chi connectivity index (χ1v) is 6.85. The lowest BCUT2D eigenvalue weighted by molar-refractivity contribution is 0.270. The number of aliphatic hydroxyl groups excluding tert-OH is 1. The number of likely N-dealkylation sites (N-methyl/N-ethyl adjacent to an activating group) is 1. The average molecular weight is 269 g/mol. The highest BCUT2D eigenvalue weighted by Gasteiger charge is 2.20. The minimum atomic E-state index is 0.0940. The summed E-state index contributed by atoms with van der Waals surface area (Å²) in [6.07, 6.45) is 2.57. The molecule has 0 spiro atoms. The van der Waals surface area contributed by atoms with Crippen LogP contribution in [0.1, 0.15) is 25.3 Å². The maximum Gasteiger partial charge on any atom is 0.0632 e. The Morgan fingerprint density at radius 1 is 1.50 bits per heavy atom. The fourth-order valence-electron chi connectivity index (χ4n) is 1.82. The number of anilines is 1. The van der Waals surface area contributed by atoms with Gasteiger partial charge in [-0.25, -0.2) is 0 Å². The van der Waals surface area contributed by atoms with Crippen molar-refractivity contribution in [2.75, 3.05) is 18.6 Å². The number of hydrogen-bond acceptors (Lipinski definition) is 3. The molecule has 1 fully saturated rings. The van der Waals surface area contributed by atoms with Crippen LogP contribution in [0.5, 0.6) is 0 Å². The summed E-state index contributed by atoms with van der Waals surface area (Å²) < 4.78 is 0. The van der Waals surface area contributed by atoms with Gasteiger partial charge in [-0.15, -0.1) is 0 Å². The highest BCUT2D eigenvalue weighted by atomic mass is 35.5. The first-order chi connectivity index (χ1) is 8.61. The number of nitrogens with one attached hydrogen (secondary N) is 1. The fourth-order valence-corrected chi connectivity index (χ4v) is 2.06. The van der Waals surface area contributed by atoms with E-state index in [-0.39, 0.29) is 12.6 Å². The van der Waals surface area contributed by atoms with Gasteiger partial charge in [0.05, 0.1) is 6.61 Å². The second-order valence-corrected chi connectivity index (χ2v) is 5.48. The minimum Gasteiger partial charge on any atom is -0.394 e. The van der Waals surface area contributed by atoms with Crippen LogP contribution in [0.2, 0.25) is 5.02 Å². The van der Waals surface area contributed by atoms with Crippen molar-refractivity contribution in [3.63, 3.8) is 0 Å². The minimum absolute atomic E-state index is 0.0940. The number of benzene rings is 1. The van der Waals surface area contributed by atoms with E-state index in [2.05, 4.69) is 17.4 Å². The van der Waals surface area contributed by atoms with Crippen LogP contribution in [-0.2, 0) is 6.54 Å². The van der Waals surface area contributed by atoms with Gasteiger partial charge in [0.2, 0.25) is 0 Å². The SMILES string of the molecule is CC(CO)N(C)c1ccc(CNC2CC2)c(Cl)c1. The molecular formula is C14H21ClN2O. The van der Waals surface area contributed by atoms with Gasteiger partial charge >= 0.3 is 0 Å². The van der Waals surface area contributed by atoms with Gasteiger partial charge in [-0.1, -0.05) is 17.7 Å². The molecule has 1 aliphatic carbocycles. The highest BCUT2D eigenvalue weighted by molar-refractivity contribution is 6.31. The van der Waals surface area contributed by atoms with Crippen LogP contribution < -0.4 is 10.2 Å². The summed E-state index contributed by atoms with van der Waals surface area (Å²) in [6, 6.07) is 6.88. The van der Waals surface area contributed by atoms with E-state index in [1.165, 1.54) is 12.8 Å². The summed E-state index contributed by atoms with van der Waals surface area (Å²) >= 11 is 6.30. The Kier molecular flexibility index (Phi) is 4.49. The van der Waals surface area contributed by atoms with Crippen molar-refractivity contribution >= 4 is 17.3 Å². The van der Waals surface area contributed by atoms with Crippen LogP contribution in [0.3, 0.4) is 0 Å². The van der Waals surface area contributed by atoms with Crippen molar-refractivity contribution in [2.24, 2.45) is 0 Å². The molecular weight excluding hydrogens is 248 g/mol. The third-order valence-corrected chi connectivity index (χ3v) is 3.88. The molecule has 0 aliphatic heterocycles. The molecule has 1 unspecified atom stereocenters. The molecule has 1 aliphatic rings. The molecule has 0 radical (unpaired) electrons. The second kappa shape index (κ2) is 5.91. The van der Waals surface area contributed by atoms with E-state index in [4.69, 9.17) is 16.7 Å². The van der Waals surface area contributed by atoms with Gasteiger partial charge in [-0.3, -0.25) is 0 Å². The Morgan fingerprint density at radius 2 is 2.22 bits per heavy atom. The molecule has 100 valence electrons. The molecule has 0 bridgehead atoms. The van der Waals surface area contributed by atoms with Crippen LogP contribution in [0.15, 0.2) is 18.2 Å². The molecule has 2 N–H and O–H groups in total. The summed E-state index contributed by atoms with van der Waals surface area (Å²) in [5.41, 5.74) is 2.18. The Labute approximate surface area is 114 Å². The lowest BCUT2D eigenvalue weighted by Crippen LogP contribution is -2.31. The number of halogens is 1. The predicted molar refractivity (Wildman–Crippen MR) is 76.3 cm³/mol. The molecule has 0 aromatic heterocycles. The van der Waals surface area contributed by atoms with E-state index in [0.29, 0.717) is 6.04 Å². The number of nitrogens with zero attached hydrogens (tertiary/aromatic N) is 1. The fraction of sp³-hybridized carbons (Fsp3) is 0.571. The third kappa shape index (κ3) is 3.37. The number of aliphatic hydroxyl groups is 1. The Balaban J connectivity index is 2.03. The summed E-state index contributed by atoms with van der Waals surface area (Å²) in [6.45, 7) is 2.96. The number of rotatable bonds is 6. The van der Waals surface area contributed by atoms with Crippen molar-refractivity contribution in [3.05, 3.63) is 28.8 Å². The van der Waals surface area contributed by atoms with E-state index in [0.717, 1.165) is 22.8 Å². The van der Waals surface area contributed by atoms with Gasteiger partial charge in [0.1, 0.15) is 0 Å². The van der Waals surface area contributed by atoms with Crippen LogP contribution >= 0.6 is 11.6 Å². The van der Waals surface area contributed by atoms with E-state index in [9.17, 15) is 0 Å². The molecule has 0 amide bonds. The van der Waals surface area contributed by atoms with Crippen molar-refractivity contribution < 1.29 is 5.11 Å². The van der Waals surface area contributed by atoms with Crippen molar-refractivity contribution in [2.45, 2.75) is 38.4 Å². The predicted octanol–water partition coefficient (Wildman–Crippen LogP) is 2.41. The topological polar surface area (TPSA) is 35.5 Å². The van der Waals surface area contributed by atoms with Crippen LogP contribution in [0, 0.1) is 0 Å². The molecule has 0 saturated heterocycles. The van der Waals surface area contributed by atoms with E-state index >= 15 is 0 Å². The summed E-state index contributed by atoms with van der Waals surface area (Å²) in [5.74, 6) is 0. The molecule has 4 heteroatoms. The van der Waals surface area contributed by atoms with Gasteiger partial charge in [-0.2, -0.15) is 0 Å². The third-order valence-electron chi connectivity index (χ3n) is 3.53. The maximum atomic E-state index is 9.16. The Morgan fingerprint density at radius 3 is 2.78 bits per heavy atom. The summed E-state index contributed by atoms with van der Waals surface area (Å²) in [5, 5.41) is 13.4. The van der Waals surface area contributed by atoms with E-state index in [1.807, 2.05) is 24.9 Å². The molecule has 1 saturated carbocycles. The lowest BCUT2D eigenvalue weighted by atomic mass is 10.1. The molecule has 18 heavy (non-hydrogen) atoms. The highest BCUT2D eigenvalue weighted by Crippen LogP contribution is 2.25. The first-order valence-electron chi connectivity index (χ1n) is 6.47. The zero-order valence-electron chi connectivity index (χ0n) is 11.0. The molecule has 0 heterocycles. The van der Waals surface area contributed by atoms with Crippen molar-refractivity contribution in [3.8, 4) is 0 Å². The van der Waals surface area contributed by atoms with E-state index in [1.54, 1.807) is 0 Å². The second-order valence-electron chi connectivity index (χ2n) is 5.07. The smallest absolute Gasteiger partial charge is 0.0632 e. The zero-order chi connectivity index (χ0) is 13.1. The van der Waals surface area contributed by atoms with Crippen LogP contribution in [-0.4, -0.2) is 30.8 Å².